The Bertz CT molecular complexity index is 768. The van der Waals surface area contributed by atoms with Gasteiger partial charge in [0, 0.05) is 23.5 Å². The van der Waals surface area contributed by atoms with E-state index in [1.807, 2.05) is 34.5 Å². The van der Waals surface area contributed by atoms with Crippen molar-refractivity contribution in [2.75, 3.05) is 11.9 Å². The van der Waals surface area contributed by atoms with Gasteiger partial charge in [-0.2, -0.15) is 5.10 Å². The minimum Gasteiger partial charge on any atom is -0.336 e. The minimum absolute atomic E-state index is 0.252. The molecule has 0 atom stereocenters. The van der Waals surface area contributed by atoms with Gasteiger partial charge in [0.1, 0.15) is 5.69 Å². The fourth-order valence-corrected chi connectivity index (χ4v) is 2.85. The van der Waals surface area contributed by atoms with Gasteiger partial charge in [-0.3, -0.25) is 4.68 Å². The lowest BCUT2D eigenvalue weighted by atomic mass is 10.3. The van der Waals surface area contributed by atoms with Crippen molar-refractivity contribution in [1.82, 2.24) is 15.1 Å². The first-order valence-corrected chi connectivity index (χ1v) is 8.34. The molecule has 23 heavy (non-hydrogen) atoms. The smallest absolute Gasteiger partial charge is 0.319 e. The molecule has 1 aromatic carbocycles. The predicted molar refractivity (Wildman–Crippen MR) is 94.0 cm³/mol. The van der Waals surface area contributed by atoms with Crippen LogP contribution in [0.3, 0.4) is 0 Å². The molecule has 0 aliphatic rings. The maximum absolute atomic E-state index is 11.8. The number of halogens is 1. The Labute approximate surface area is 142 Å². The number of benzene rings is 1. The third-order valence-corrected chi connectivity index (χ3v) is 4.29. The summed E-state index contributed by atoms with van der Waals surface area (Å²) in [4.78, 5) is 12.9. The van der Waals surface area contributed by atoms with Crippen LogP contribution in [0.1, 0.15) is 0 Å². The first-order chi connectivity index (χ1) is 11.2. The topological polar surface area (TPSA) is 59.0 Å². The van der Waals surface area contributed by atoms with E-state index in [-0.39, 0.29) is 6.03 Å². The normalized spacial score (nSPS) is 10.5. The minimum atomic E-state index is -0.252. The number of thiophene rings is 1. The van der Waals surface area contributed by atoms with Gasteiger partial charge in [-0.15, -0.1) is 11.3 Å². The molecular weight excluding hydrogens is 332 g/mol. The molecule has 2 heterocycles. The van der Waals surface area contributed by atoms with Crippen molar-refractivity contribution in [1.29, 1.82) is 0 Å². The molecule has 2 N–H and O–H groups in total. The van der Waals surface area contributed by atoms with Gasteiger partial charge in [0.05, 0.1) is 11.4 Å². The van der Waals surface area contributed by atoms with Gasteiger partial charge in [0.25, 0.3) is 0 Å². The van der Waals surface area contributed by atoms with Crippen LogP contribution in [0.5, 0.6) is 0 Å². The van der Waals surface area contributed by atoms with E-state index in [2.05, 4.69) is 15.7 Å². The highest BCUT2D eigenvalue weighted by Crippen LogP contribution is 2.22. The Kier molecular flexibility index (Phi) is 4.95. The quantitative estimate of drug-likeness (QED) is 0.731. The molecule has 2 amide bonds. The summed E-state index contributed by atoms with van der Waals surface area (Å²) in [5.41, 5.74) is 1.65. The maximum atomic E-state index is 11.8. The van der Waals surface area contributed by atoms with Crippen LogP contribution >= 0.6 is 22.9 Å². The fourth-order valence-electron chi connectivity index (χ4n) is 2.03. The van der Waals surface area contributed by atoms with Crippen molar-refractivity contribution in [3.05, 3.63) is 59.1 Å². The highest BCUT2D eigenvalue weighted by atomic mass is 35.5. The zero-order chi connectivity index (χ0) is 16.1. The lowest BCUT2D eigenvalue weighted by molar-refractivity contribution is 0.251. The second kappa shape index (κ2) is 7.30. The van der Waals surface area contributed by atoms with E-state index in [1.54, 1.807) is 35.6 Å². The second-order valence-electron chi connectivity index (χ2n) is 4.83. The Morgan fingerprint density at radius 2 is 2.04 bits per heavy atom. The lowest BCUT2D eigenvalue weighted by Gasteiger charge is -2.07. The van der Waals surface area contributed by atoms with Crippen molar-refractivity contribution < 1.29 is 4.79 Å². The Morgan fingerprint density at radius 3 is 2.78 bits per heavy atom. The first kappa shape index (κ1) is 15.6. The summed E-state index contributed by atoms with van der Waals surface area (Å²) in [6.07, 6.45) is 1.91. The van der Waals surface area contributed by atoms with E-state index in [4.69, 9.17) is 11.6 Å². The molecule has 3 rings (SSSR count). The third kappa shape index (κ3) is 4.34. The zero-order valence-corrected chi connectivity index (χ0v) is 13.8. The number of aromatic nitrogens is 2. The molecule has 7 heteroatoms. The molecule has 118 valence electrons. The summed E-state index contributed by atoms with van der Waals surface area (Å²) in [5.74, 6) is 0. The van der Waals surface area contributed by atoms with Crippen molar-refractivity contribution in [3.63, 3.8) is 0 Å². The number of hydrogen-bond donors (Lipinski definition) is 2. The molecule has 0 aliphatic heterocycles. The highest BCUT2D eigenvalue weighted by molar-refractivity contribution is 7.13. The number of hydrogen-bond acceptors (Lipinski definition) is 3. The molecule has 5 nitrogen and oxygen atoms in total. The maximum Gasteiger partial charge on any atom is 0.319 e. The van der Waals surface area contributed by atoms with Gasteiger partial charge < -0.3 is 10.6 Å². The molecule has 0 saturated carbocycles. The Hall–Kier alpha value is -2.31. The van der Waals surface area contributed by atoms with Gasteiger partial charge in [0.15, 0.2) is 0 Å². The average Bonchev–Trinajstić information content (AvgIpc) is 3.20. The van der Waals surface area contributed by atoms with E-state index < -0.39 is 0 Å². The molecular formula is C16H15ClN4OS. The van der Waals surface area contributed by atoms with Crippen LogP contribution in [-0.2, 0) is 6.54 Å². The van der Waals surface area contributed by atoms with Crippen molar-refractivity contribution in [3.8, 4) is 10.6 Å². The molecule has 0 aliphatic carbocycles. The Morgan fingerprint density at radius 1 is 1.22 bits per heavy atom. The molecule has 2 aromatic heterocycles. The monoisotopic (exact) mass is 346 g/mol. The predicted octanol–water partition coefficient (Wildman–Crippen LogP) is 4.09. The SMILES string of the molecule is O=C(NCCn1ccc(-c2cccs2)n1)Nc1ccc(Cl)cc1. The van der Waals surface area contributed by atoms with Gasteiger partial charge in [-0.25, -0.2) is 4.79 Å². The van der Waals surface area contributed by atoms with Gasteiger partial charge in [0.2, 0.25) is 0 Å². The third-order valence-electron chi connectivity index (χ3n) is 3.14. The van der Waals surface area contributed by atoms with Gasteiger partial charge >= 0.3 is 6.03 Å². The van der Waals surface area contributed by atoms with Crippen molar-refractivity contribution in [2.24, 2.45) is 0 Å². The summed E-state index contributed by atoms with van der Waals surface area (Å²) in [6, 6.07) is 12.7. The summed E-state index contributed by atoms with van der Waals surface area (Å²) >= 11 is 7.46. The summed E-state index contributed by atoms with van der Waals surface area (Å²) < 4.78 is 1.82. The second-order valence-corrected chi connectivity index (χ2v) is 6.21. The molecule has 3 aromatic rings. The van der Waals surface area contributed by atoms with Gasteiger partial charge in [-0.05, 0) is 41.8 Å². The van der Waals surface area contributed by atoms with Crippen LogP contribution in [0.15, 0.2) is 54.0 Å². The van der Waals surface area contributed by atoms with Crippen LogP contribution in [-0.4, -0.2) is 22.4 Å². The number of rotatable bonds is 5. The van der Waals surface area contributed by atoms with Crippen LogP contribution in [0.25, 0.3) is 10.6 Å². The lowest BCUT2D eigenvalue weighted by Crippen LogP contribution is -2.31. The molecule has 0 spiro atoms. The van der Waals surface area contributed by atoms with E-state index in [0.717, 1.165) is 10.6 Å². The van der Waals surface area contributed by atoms with Crippen LogP contribution < -0.4 is 10.6 Å². The van der Waals surface area contributed by atoms with Crippen LogP contribution in [0.2, 0.25) is 5.02 Å². The number of nitrogens with one attached hydrogen (secondary N) is 2. The number of anilines is 1. The highest BCUT2D eigenvalue weighted by Gasteiger charge is 2.04. The summed E-state index contributed by atoms with van der Waals surface area (Å²) in [7, 11) is 0. The summed E-state index contributed by atoms with van der Waals surface area (Å²) in [5, 5.41) is 12.7. The van der Waals surface area contributed by atoms with E-state index in [1.165, 1.54) is 0 Å². The fraction of sp³-hybridized carbons (Fsp3) is 0.125. The zero-order valence-electron chi connectivity index (χ0n) is 12.2. The molecule has 0 radical (unpaired) electrons. The van der Waals surface area contributed by atoms with Crippen molar-refractivity contribution in [2.45, 2.75) is 6.54 Å². The van der Waals surface area contributed by atoms with Crippen LogP contribution in [0.4, 0.5) is 10.5 Å². The van der Waals surface area contributed by atoms with E-state index >= 15 is 0 Å². The summed E-state index contributed by atoms with van der Waals surface area (Å²) in [6.45, 7) is 1.10. The number of amides is 2. The number of carbonyl (C=O) groups is 1. The standard InChI is InChI=1S/C16H15ClN4OS/c17-12-3-5-13(6-4-12)19-16(22)18-8-10-21-9-7-14(20-21)15-2-1-11-23-15/h1-7,9,11H,8,10H2,(H2,18,19,22). The van der Waals surface area contributed by atoms with Gasteiger partial charge in [-0.1, -0.05) is 17.7 Å². The average molecular weight is 347 g/mol. The number of urea groups is 1. The first-order valence-electron chi connectivity index (χ1n) is 7.08. The van der Waals surface area contributed by atoms with Crippen molar-refractivity contribution >= 4 is 34.7 Å². The number of nitrogens with zero attached hydrogens (tertiary/aromatic N) is 2. The molecule has 0 saturated heterocycles. The Balaban J connectivity index is 1.46. The van der Waals surface area contributed by atoms with E-state index in [9.17, 15) is 4.79 Å². The van der Waals surface area contributed by atoms with Crippen LogP contribution in [0, 0.1) is 0 Å². The molecule has 0 bridgehead atoms. The molecule has 0 unspecified atom stereocenters. The van der Waals surface area contributed by atoms with E-state index in [0.29, 0.717) is 23.8 Å². The number of carbonyl (C=O) groups excluding carboxylic acids is 1. The molecule has 0 fully saturated rings. The largest absolute Gasteiger partial charge is 0.336 e.